The van der Waals surface area contributed by atoms with E-state index in [1.807, 2.05) is 35.7 Å². The fourth-order valence-electron chi connectivity index (χ4n) is 5.67. The molecule has 0 amide bonds. The summed E-state index contributed by atoms with van der Waals surface area (Å²) in [5.74, 6) is 1.64. The van der Waals surface area contributed by atoms with Crippen molar-refractivity contribution in [1.29, 1.82) is 0 Å². The molecule has 0 atom stereocenters. The quantitative estimate of drug-likeness (QED) is 0.148. The molecule has 0 bridgehead atoms. The van der Waals surface area contributed by atoms with E-state index in [0.29, 0.717) is 0 Å². The summed E-state index contributed by atoms with van der Waals surface area (Å²) in [4.78, 5) is 0. The van der Waals surface area contributed by atoms with Crippen molar-refractivity contribution in [2.24, 2.45) is 0 Å². The molecule has 0 saturated carbocycles. The van der Waals surface area contributed by atoms with Gasteiger partial charge in [-0.2, -0.15) is 0 Å². The van der Waals surface area contributed by atoms with E-state index in [0.717, 1.165) is 43.4 Å². The third-order valence-corrected chi connectivity index (χ3v) is 15.0. The Morgan fingerprint density at radius 1 is 0.341 bits per heavy atom. The summed E-state index contributed by atoms with van der Waals surface area (Å²) in [6.45, 7) is 8.49. The minimum Gasteiger partial charge on any atom is -0.531 e. The third-order valence-electron chi connectivity index (χ3n) is 7.99. The Morgan fingerprint density at radius 2 is 0.591 bits per heavy atom. The molecule has 0 aliphatic carbocycles. The topological polar surface area (TPSA) is 18.5 Å². The van der Waals surface area contributed by atoms with E-state index >= 15 is 0 Å². The van der Waals surface area contributed by atoms with E-state index in [1.54, 1.807) is 0 Å². The third kappa shape index (κ3) is 5.73. The molecule has 0 aromatic heterocycles. The maximum Gasteiger partial charge on any atom is 0.339 e. The Kier molecular flexibility index (Phi) is 8.55. The SMILES string of the molecule is C=C[Si](Oc1ccc(-c2ccc(O[Si](C=C)(c3ccccc3)c3ccccc3)cc2)cc1)(c1ccccc1)c1ccccc1. The summed E-state index contributed by atoms with van der Waals surface area (Å²) >= 11 is 0. The molecule has 0 aliphatic rings. The van der Waals surface area contributed by atoms with E-state index < -0.39 is 16.6 Å². The summed E-state index contributed by atoms with van der Waals surface area (Å²) in [5, 5.41) is 4.63. The van der Waals surface area contributed by atoms with Crippen molar-refractivity contribution in [2.75, 3.05) is 0 Å². The second kappa shape index (κ2) is 13.0. The van der Waals surface area contributed by atoms with Crippen molar-refractivity contribution < 1.29 is 8.85 Å². The molecule has 6 aromatic carbocycles. The van der Waals surface area contributed by atoms with Crippen LogP contribution in [0.4, 0.5) is 0 Å². The van der Waals surface area contributed by atoms with Crippen LogP contribution in [0.1, 0.15) is 0 Å². The Bertz CT molecular complexity index is 1590. The van der Waals surface area contributed by atoms with Gasteiger partial charge in [0.25, 0.3) is 0 Å². The second-order valence-corrected chi connectivity index (χ2v) is 17.1. The van der Waals surface area contributed by atoms with Gasteiger partial charge in [0.1, 0.15) is 11.5 Å². The molecule has 0 radical (unpaired) electrons. The van der Waals surface area contributed by atoms with Crippen LogP contribution < -0.4 is 29.6 Å². The number of benzene rings is 6. The maximum atomic E-state index is 6.88. The molecule has 44 heavy (non-hydrogen) atoms. The van der Waals surface area contributed by atoms with Crippen LogP contribution in [0.25, 0.3) is 11.1 Å². The Hall–Kier alpha value is -5.17. The highest BCUT2D eigenvalue weighted by Gasteiger charge is 2.39. The molecule has 6 rings (SSSR count). The lowest BCUT2D eigenvalue weighted by Crippen LogP contribution is -2.62. The lowest BCUT2D eigenvalue weighted by molar-refractivity contribution is 0.575. The number of hydrogen-bond donors (Lipinski definition) is 0. The average molecular weight is 603 g/mol. The van der Waals surface area contributed by atoms with Crippen LogP contribution in [0.15, 0.2) is 194 Å². The van der Waals surface area contributed by atoms with Crippen LogP contribution in [0, 0.1) is 0 Å². The van der Waals surface area contributed by atoms with Gasteiger partial charge in [-0.25, -0.2) is 0 Å². The highest BCUT2D eigenvalue weighted by Crippen LogP contribution is 2.27. The summed E-state index contributed by atoms with van der Waals surface area (Å²) in [6.07, 6.45) is 0. The van der Waals surface area contributed by atoms with Gasteiger partial charge in [0.15, 0.2) is 0 Å². The molecular weight excluding hydrogens is 569 g/mol. The van der Waals surface area contributed by atoms with Crippen LogP contribution in [0.3, 0.4) is 0 Å². The van der Waals surface area contributed by atoms with Gasteiger partial charge >= 0.3 is 16.6 Å². The van der Waals surface area contributed by atoms with E-state index in [4.69, 9.17) is 8.85 Å². The zero-order valence-electron chi connectivity index (χ0n) is 24.6. The predicted octanol–water partition coefficient (Wildman–Crippen LogP) is 7.08. The van der Waals surface area contributed by atoms with Gasteiger partial charge in [0, 0.05) is 0 Å². The first kappa shape index (κ1) is 28.9. The lowest BCUT2D eigenvalue weighted by Gasteiger charge is -2.30. The van der Waals surface area contributed by atoms with Crippen LogP contribution in [-0.2, 0) is 0 Å². The Morgan fingerprint density at radius 3 is 0.818 bits per heavy atom. The lowest BCUT2D eigenvalue weighted by atomic mass is 10.1. The first-order valence-electron chi connectivity index (χ1n) is 14.7. The number of rotatable bonds is 11. The molecule has 0 heterocycles. The molecule has 0 unspecified atom stereocenters. The fraction of sp³-hybridized carbons (Fsp3) is 0. The van der Waals surface area contributed by atoms with Crippen molar-refractivity contribution in [3.8, 4) is 22.6 Å². The molecule has 2 nitrogen and oxygen atoms in total. The first-order chi connectivity index (χ1) is 21.7. The van der Waals surface area contributed by atoms with Gasteiger partial charge in [0.05, 0.1) is 0 Å². The Balaban J connectivity index is 1.26. The van der Waals surface area contributed by atoms with Crippen molar-refractivity contribution >= 4 is 37.4 Å². The molecule has 4 heteroatoms. The van der Waals surface area contributed by atoms with E-state index in [1.165, 1.54) is 0 Å². The largest absolute Gasteiger partial charge is 0.531 e. The van der Waals surface area contributed by atoms with Crippen LogP contribution in [0.5, 0.6) is 11.5 Å². The van der Waals surface area contributed by atoms with Crippen molar-refractivity contribution in [3.63, 3.8) is 0 Å². The maximum absolute atomic E-state index is 6.88. The molecule has 0 spiro atoms. The summed E-state index contributed by atoms with van der Waals surface area (Å²) in [6, 6.07) is 58.4. The standard InChI is InChI=1S/C40H34O2Si2/c1-3-43(37-17-9-5-10-18-37,38-19-11-6-12-20-38)41-35-29-25-33(26-30-35)34-27-31-36(32-28-34)42-44(4-2,39-21-13-7-14-22-39)40-23-15-8-16-24-40/h3-32H,1-2H2. The molecule has 0 saturated heterocycles. The van der Waals surface area contributed by atoms with Crippen molar-refractivity contribution in [2.45, 2.75) is 0 Å². The average Bonchev–Trinajstić information content (AvgIpc) is 3.12. The molecule has 0 fully saturated rings. The highest BCUT2D eigenvalue weighted by molar-refractivity contribution is 7.02. The molecule has 214 valence electrons. The van der Waals surface area contributed by atoms with Gasteiger partial charge < -0.3 is 8.85 Å². The predicted molar refractivity (Wildman–Crippen MR) is 189 cm³/mol. The first-order valence-corrected chi connectivity index (χ1v) is 18.7. The smallest absolute Gasteiger partial charge is 0.339 e. The zero-order valence-corrected chi connectivity index (χ0v) is 26.6. The molecule has 0 N–H and O–H groups in total. The minimum atomic E-state index is -2.71. The second-order valence-electron chi connectivity index (χ2n) is 10.6. The van der Waals surface area contributed by atoms with Crippen LogP contribution >= 0.6 is 0 Å². The highest BCUT2D eigenvalue weighted by atomic mass is 28.4. The van der Waals surface area contributed by atoms with Gasteiger partial charge in [0.2, 0.25) is 0 Å². The van der Waals surface area contributed by atoms with Crippen LogP contribution in [0.2, 0.25) is 0 Å². The van der Waals surface area contributed by atoms with E-state index in [2.05, 4.69) is 159 Å². The number of hydrogen-bond acceptors (Lipinski definition) is 2. The summed E-state index contributed by atoms with van der Waals surface area (Å²) in [5.41, 5.74) is 6.24. The molecular formula is C40H34O2Si2. The van der Waals surface area contributed by atoms with Crippen molar-refractivity contribution in [1.82, 2.24) is 0 Å². The van der Waals surface area contributed by atoms with E-state index in [-0.39, 0.29) is 0 Å². The Labute approximate surface area is 262 Å². The van der Waals surface area contributed by atoms with Gasteiger partial charge in [-0.05, 0) is 56.1 Å². The normalized spacial score (nSPS) is 11.4. The van der Waals surface area contributed by atoms with E-state index in [9.17, 15) is 0 Å². The zero-order chi connectivity index (χ0) is 30.2. The summed E-state index contributed by atoms with van der Waals surface area (Å²) in [7, 11) is -5.41. The van der Waals surface area contributed by atoms with Crippen molar-refractivity contribution in [3.05, 3.63) is 194 Å². The minimum absolute atomic E-state index is 0.820. The monoisotopic (exact) mass is 602 g/mol. The van der Waals surface area contributed by atoms with Gasteiger partial charge in [-0.3, -0.25) is 0 Å². The fourth-order valence-corrected chi connectivity index (χ4v) is 11.7. The van der Waals surface area contributed by atoms with Crippen LogP contribution in [-0.4, -0.2) is 16.6 Å². The molecule has 6 aromatic rings. The van der Waals surface area contributed by atoms with Gasteiger partial charge in [-0.15, -0.1) is 13.2 Å². The summed E-state index contributed by atoms with van der Waals surface area (Å²) < 4.78 is 13.8. The van der Waals surface area contributed by atoms with Gasteiger partial charge in [-0.1, -0.05) is 157 Å². The molecule has 0 aliphatic heterocycles.